The number of thiophene rings is 1. The van der Waals surface area contributed by atoms with E-state index in [0.29, 0.717) is 0 Å². The van der Waals surface area contributed by atoms with Gasteiger partial charge < -0.3 is 4.74 Å². The molecule has 0 saturated carbocycles. The first-order valence-electron chi connectivity index (χ1n) is 4.79. The third-order valence-electron chi connectivity index (χ3n) is 1.95. The first kappa shape index (κ1) is 11.8. The van der Waals surface area contributed by atoms with E-state index in [0.717, 1.165) is 10.6 Å². The molecule has 86 valence electrons. The third-order valence-corrected chi connectivity index (χ3v) is 3.52. The van der Waals surface area contributed by atoms with E-state index in [4.69, 9.17) is 10.00 Å². The summed E-state index contributed by atoms with van der Waals surface area (Å²) in [7, 11) is 0. The molecule has 2 aromatic heterocycles. The number of carbonyl (C=O) groups is 1. The predicted octanol–water partition coefficient (Wildman–Crippen LogP) is 2.94. The average molecular weight is 264 g/mol. The monoisotopic (exact) mass is 264 g/mol. The van der Waals surface area contributed by atoms with Gasteiger partial charge in [-0.2, -0.15) is 16.6 Å². The number of aromatic nitrogens is 1. The fourth-order valence-corrected chi connectivity index (χ4v) is 2.63. The molecule has 2 heterocycles. The molecule has 0 aliphatic heterocycles. The number of hydrogen-bond donors (Lipinski definition) is 0. The van der Waals surface area contributed by atoms with Crippen molar-refractivity contribution in [3.05, 3.63) is 27.9 Å². The number of nitriles is 1. The second-order valence-electron chi connectivity index (χ2n) is 3.23. The lowest BCUT2D eigenvalue weighted by Gasteiger charge is -2.02. The predicted molar refractivity (Wildman–Crippen MR) is 65.9 cm³/mol. The Morgan fingerprint density at radius 3 is 3.06 bits per heavy atom. The fraction of sp³-hybridized carbons (Fsp3) is 0.182. The van der Waals surface area contributed by atoms with Gasteiger partial charge in [-0.15, -0.1) is 11.3 Å². The SMILES string of the molecule is C[C@H](C#N)OC(=O)c1csc(-c2ccsc2)n1. The Labute approximate surface area is 106 Å². The summed E-state index contributed by atoms with van der Waals surface area (Å²) in [5, 5.41) is 14.9. The summed E-state index contributed by atoms with van der Waals surface area (Å²) in [4.78, 5) is 15.8. The van der Waals surface area contributed by atoms with Gasteiger partial charge in [0.05, 0.1) is 0 Å². The van der Waals surface area contributed by atoms with Gasteiger partial charge in [-0.25, -0.2) is 9.78 Å². The van der Waals surface area contributed by atoms with Gasteiger partial charge in [0.15, 0.2) is 11.8 Å². The molecule has 0 saturated heterocycles. The van der Waals surface area contributed by atoms with Crippen molar-refractivity contribution in [1.29, 1.82) is 5.26 Å². The summed E-state index contributed by atoms with van der Waals surface area (Å²) in [5.74, 6) is -0.559. The van der Waals surface area contributed by atoms with Gasteiger partial charge in [-0.1, -0.05) is 0 Å². The van der Waals surface area contributed by atoms with E-state index >= 15 is 0 Å². The van der Waals surface area contributed by atoms with Gasteiger partial charge in [0.25, 0.3) is 0 Å². The summed E-state index contributed by atoms with van der Waals surface area (Å²) >= 11 is 2.96. The fourth-order valence-electron chi connectivity index (χ4n) is 1.13. The lowest BCUT2D eigenvalue weighted by Crippen LogP contribution is -2.13. The molecule has 0 N–H and O–H groups in total. The second kappa shape index (κ2) is 5.08. The van der Waals surface area contributed by atoms with Crippen LogP contribution in [0.2, 0.25) is 0 Å². The molecule has 0 unspecified atom stereocenters. The van der Waals surface area contributed by atoms with Crippen LogP contribution in [-0.4, -0.2) is 17.1 Å². The summed E-state index contributed by atoms with van der Waals surface area (Å²) in [6, 6.07) is 3.78. The smallest absolute Gasteiger partial charge is 0.359 e. The molecule has 4 nitrogen and oxygen atoms in total. The quantitative estimate of drug-likeness (QED) is 0.799. The first-order chi connectivity index (χ1) is 8.20. The molecule has 2 rings (SSSR count). The highest BCUT2D eigenvalue weighted by Crippen LogP contribution is 2.25. The van der Waals surface area contributed by atoms with Crippen LogP contribution in [0.15, 0.2) is 22.2 Å². The zero-order valence-corrected chi connectivity index (χ0v) is 10.5. The topological polar surface area (TPSA) is 63.0 Å². The lowest BCUT2D eigenvalue weighted by atomic mass is 10.3. The molecular formula is C11H8N2O2S2. The maximum Gasteiger partial charge on any atom is 0.359 e. The molecule has 0 amide bonds. The number of hydrogen-bond acceptors (Lipinski definition) is 6. The molecule has 0 aliphatic carbocycles. The minimum atomic E-state index is -0.756. The van der Waals surface area contributed by atoms with E-state index in [1.807, 2.05) is 22.9 Å². The Bertz CT molecular complexity index is 554. The number of ether oxygens (including phenoxy) is 1. The maximum absolute atomic E-state index is 11.6. The number of thiazole rings is 1. The minimum Gasteiger partial charge on any atom is -0.443 e. The van der Waals surface area contributed by atoms with Crippen molar-refractivity contribution in [2.45, 2.75) is 13.0 Å². The van der Waals surface area contributed by atoms with E-state index in [-0.39, 0.29) is 5.69 Å². The normalized spacial score (nSPS) is 11.8. The van der Waals surface area contributed by atoms with Gasteiger partial charge in [-0.3, -0.25) is 0 Å². The zero-order chi connectivity index (χ0) is 12.3. The lowest BCUT2D eigenvalue weighted by molar-refractivity contribution is 0.0429. The van der Waals surface area contributed by atoms with Crippen molar-refractivity contribution in [2.75, 3.05) is 0 Å². The van der Waals surface area contributed by atoms with Crippen LogP contribution in [0.25, 0.3) is 10.6 Å². The molecule has 0 bridgehead atoms. The number of nitrogens with zero attached hydrogens (tertiary/aromatic N) is 2. The van der Waals surface area contributed by atoms with E-state index in [1.165, 1.54) is 18.3 Å². The third kappa shape index (κ3) is 2.70. The molecule has 6 heteroatoms. The Hall–Kier alpha value is -1.71. The van der Waals surface area contributed by atoms with Crippen LogP contribution in [-0.2, 0) is 4.74 Å². The van der Waals surface area contributed by atoms with Crippen molar-refractivity contribution in [1.82, 2.24) is 4.98 Å². The van der Waals surface area contributed by atoms with Crippen LogP contribution < -0.4 is 0 Å². The van der Waals surface area contributed by atoms with Crippen LogP contribution >= 0.6 is 22.7 Å². The van der Waals surface area contributed by atoms with E-state index in [2.05, 4.69) is 4.98 Å². The average Bonchev–Trinajstić information content (AvgIpc) is 2.98. The zero-order valence-electron chi connectivity index (χ0n) is 8.91. The minimum absolute atomic E-state index is 0.248. The largest absolute Gasteiger partial charge is 0.443 e. The van der Waals surface area contributed by atoms with Crippen molar-refractivity contribution < 1.29 is 9.53 Å². The van der Waals surface area contributed by atoms with Gasteiger partial charge in [0.2, 0.25) is 0 Å². The number of carbonyl (C=O) groups excluding carboxylic acids is 1. The van der Waals surface area contributed by atoms with Crippen LogP contribution in [0.4, 0.5) is 0 Å². The molecule has 0 fully saturated rings. The highest BCUT2D eigenvalue weighted by atomic mass is 32.1. The van der Waals surface area contributed by atoms with Gasteiger partial charge in [0, 0.05) is 16.3 Å². The Morgan fingerprint density at radius 1 is 1.59 bits per heavy atom. The molecule has 2 aromatic rings. The first-order valence-corrected chi connectivity index (χ1v) is 6.61. The Kier molecular flexibility index (Phi) is 3.52. The molecule has 0 spiro atoms. The van der Waals surface area contributed by atoms with Crippen molar-refractivity contribution >= 4 is 28.6 Å². The maximum atomic E-state index is 11.6. The number of rotatable bonds is 3. The summed E-state index contributed by atoms with van der Waals surface area (Å²) in [5.41, 5.74) is 1.24. The Balaban J connectivity index is 2.14. The van der Waals surface area contributed by atoms with Crippen molar-refractivity contribution in [2.24, 2.45) is 0 Å². The molecular weight excluding hydrogens is 256 g/mol. The molecule has 0 aromatic carbocycles. The standard InChI is InChI=1S/C11H8N2O2S2/c1-7(4-12)15-11(14)9-6-17-10(13-9)8-2-3-16-5-8/h2-3,5-7H,1H3/t7-/m1/s1. The summed E-state index contributed by atoms with van der Waals surface area (Å²) in [6.45, 7) is 1.52. The number of esters is 1. The molecule has 1 atom stereocenters. The van der Waals surface area contributed by atoms with E-state index in [9.17, 15) is 4.79 Å². The summed E-state index contributed by atoms with van der Waals surface area (Å²) in [6.07, 6.45) is -0.756. The highest BCUT2D eigenvalue weighted by molar-refractivity contribution is 7.14. The van der Waals surface area contributed by atoms with Gasteiger partial charge in [0.1, 0.15) is 11.1 Å². The highest BCUT2D eigenvalue weighted by Gasteiger charge is 2.15. The van der Waals surface area contributed by atoms with Crippen LogP contribution in [0, 0.1) is 11.3 Å². The van der Waals surface area contributed by atoms with Crippen LogP contribution in [0.5, 0.6) is 0 Å². The van der Waals surface area contributed by atoms with Crippen LogP contribution in [0.3, 0.4) is 0 Å². The molecule has 0 aliphatic rings. The van der Waals surface area contributed by atoms with E-state index in [1.54, 1.807) is 16.7 Å². The summed E-state index contributed by atoms with van der Waals surface area (Å²) < 4.78 is 4.86. The second-order valence-corrected chi connectivity index (χ2v) is 4.86. The molecule has 17 heavy (non-hydrogen) atoms. The Morgan fingerprint density at radius 2 is 2.41 bits per heavy atom. The van der Waals surface area contributed by atoms with Crippen molar-refractivity contribution in [3.63, 3.8) is 0 Å². The van der Waals surface area contributed by atoms with Gasteiger partial charge >= 0.3 is 5.97 Å². The van der Waals surface area contributed by atoms with E-state index < -0.39 is 12.1 Å². The van der Waals surface area contributed by atoms with Crippen molar-refractivity contribution in [3.8, 4) is 16.6 Å². The van der Waals surface area contributed by atoms with Crippen LogP contribution in [0.1, 0.15) is 17.4 Å². The van der Waals surface area contributed by atoms with Gasteiger partial charge in [-0.05, 0) is 18.4 Å². The molecule has 0 radical (unpaired) electrons.